The Kier molecular flexibility index (Phi) is 3.02. The molecule has 0 saturated heterocycles. The lowest BCUT2D eigenvalue weighted by Crippen LogP contribution is -1.85. The van der Waals surface area contributed by atoms with Crippen LogP contribution in [0.15, 0.2) is 18.5 Å². The van der Waals surface area contributed by atoms with Crippen LogP contribution in [0.25, 0.3) is 0 Å². The van der Waals surface area contributed by atoms with Crippen molar-refractivity contribution in [2.24, 2.45) is 0 Å². The topological polar surface area (TPSA) is 38.9 Å². The smallest absolute Gasteiger partial charge is 0.0503 e. The van der Waals surface area contributed by atoms with Crippen LogP contribution in [-0.4, -0.2) is 4.98 Å². The largest absolute Gasteiger partial charge is 0.397 e. The number of hydrogen-bond acceptors (Lipinski definition) is 2. The van der Waals surface area contributed by atoms with Gasteiger partial charge in [-0.05, 0) is 18.6 Å². The van der Waals surface area contributed by atoms with E-state index in [2.05, 4.69) is 4.98 Å². The molecule has 0 aromatic carbocycles. The van der Waals surface area contributed by atoms with Crippen LogP contribution < -0.4 is 5.73 Å². The highest BCUT2D eigenvalue weighted by Gasteiger charge is 1.82. The van der Waals surface area contributed by atoms with Gasteiger partial charge in [0.05, 0.1) is 5.69 Å². The first-order valence-corrected chi connectivity index (χ1v) is 2.46. The van der Waals surface area contributed by atoms with Gasteiger partial charge in [-0.3, -0.25) is 4.98 Å². The molecule has 0 aliphatic rings. The summed E-state index contributed by atoms with van der Waals surface area (Å²) in [5, 5.41) is 0. The Morgan fingerprint density at radius 2 is 2.11 bits per heavy atom. The van der Waals surface area contributed by atoms with Crippen LogP contribution in [0.2, 0.25) is 0 Å². The molecular weight excluding hydrogens is 136 g/mol. The molecular formula is C6H9ClN2. The molecule has 1 aromatic rings. The number of hydrogen-bond donors (Lipinski definition) is 1. The van der Waals surface area contributed by atoms with Crippen LogP contribution in [-0.2, 0) is 0 Å². The molecule has 0 aliphatic heterocycles. The predicted molar refractivity (Wildman–Crippen MR) is 40.6 cm³/mol. The minimum atomic E-state index is 0. The maximum absolute atomic E-state index is 5.40. The number of aromatic nitrogens is 1. The fraction of sp³-hybridized carbons (Fsp3) is 0.167. The van der Waals surface area contributed by atoms with E-state index in [9.17, 15) is 0 Å². The molecule has 0 spiro atoms. The zero-order valence-electron chi connectivity index (χ0n) is 5.16. The van der Waals surface area contributed by atoms with Crippen molar-refractivity contribution < 1.29 is 0 Å². The monoisotopic (exact) mass is 144 g/mol. The lowest BCUT2D eigenvalue weighted by Gasteiger charge is -1.90. The molecule has 1 heterocycles. The zero-order valence-corrected chi connectivity index (χ0v) is 5.98. The Labute approximate surface area is 60.5 Å². The third-order valence-corrected chi connectivity index (χ3v) is 0.896. The van der Waals surface area contributed by atoms with E-state index in [0.717, 1.165) is 11.3 Å². The van der Waals surface area contributed by atoms with E-state index in [-0.39, 0.29) is 12.4 Å². The van der Waals surface area contributed by atoms with Gasteiger partial charge in [0.15, 0.2) is 0 Å². The van der Waals surface area contributed by atoms with E-state index < -0.39 is 0 Å². The van der Waals surface area contributed by atoms with E-state index >= 15 is 0 Å². The summed E-state index contributed by atoms with van der Waals surface area (Å²) in [7, 11) is 0. The van der Waals surface area contributed by atoms with Crippen molar-refractivity contribution >= 4 is 18.1 Å². The summed E-state index contributed by atoms with van der Waals surface area (Å²) < 4.78 is 0. The maximum atomic E-state index is 5.40. The highest BCUT2D eigenvalue weighted by Crippen LogP contribution is 1.99. The molecule has 1 rings (SSSR count). The number of rotatable bonds is 0. The molecule has 0 bridgehead atoms. The molecule has 0 aliphatic carbocycles. The Hall–Kier alpha value is -0.760. The molecule has 50 valence electrons. The summed E-state index contributed by atoms with van der Waals surface area (Å²) in [6.07, 6.45) is 3.41. The van der Waals surface area contributed by atoms with Crippen LogP contribution in [0, 0.1) is 6.92 Å². The minimum absolute atomic E-state index is 0. The second kappa shape index (κ2) is 3.30. The van der Waals surface area contributed by atoms with Crippen molar-refractivity contribution in [3.63, 3.8) is 0 Å². The highest BCUT2D eigenvalue weighted by molar-refractivity contribution is 5.85. The van der Waals surface area contributed by atoms with Gasteiger partial charge in [-0.1, -0.05) is 0 Å². The molecule has 2 N–H and O–H groups in total. The molecule has 0 saturated carbocycles. The number of nitrogens with zero attached hydrogens (tertiary/aromatic N) is 1. The Balaban J connectivity index is 0.000000640. The Morgan fingerprint density at radius 1 is 1.44 bits per heavy atom. The molecule has 3 heteroatoms. The number of anilines is 1. The molecule has 0 atom stereocenters. The Bertz CT molecular complexity index is 171. The summed E-state index contributed by atoms with van der Waals surface area (Å²) >= 11 is 0. The van der Waals surface area contributed by atoms with Gasteiger partial charge >= 0.3 is 0 Å². The van der Waals surface area contributed by atoms with Crippen LogP contribution in [0.5, 0.6) is 0 Å². The fourth-order valence-electron chi connectivity index (χ4n) is 0.578. The number of halogens is 1. The average Bonchev–Trinajstić information content (AvgIpc) is 1.64. The Morgan fingerprint density at radius 3 is 2.44 bits per heavy atom. The predicted octanol–water partition coefficient (Wildman–Crippen LogP) is 1.39. The molecule has 1 aromatic heterocycles. The lowest BCUT2D eigenvalue weighted by atomic mass is 10.3. The van der Waals surface area contributed by atoms with Crippen molar-refractivity contribution in [2.45, 2.75) is 6.92 Å². The van der Waals surface area contributed by atoms with Gasteiger partial charge in [-0.15, -0.1) is 12.4 Å². The van der Waals surface area contributed by atoms with E-state index in [1.54, 1.807) is 12.4 Å². The fourth-order valence-corrected chi connectivity index (χ4v) is 0.578. The zero-order chi connectivity index (χ0) is 5.98. The van der Waals surface area contributed by atoms with Gasteiger partial charge in [0.25, 0.3) is 0 Å². The number of nitrogens with two attached hydrogens (primary N) is 1. The lowest BCUT2D eigenvalue weighted by molar-refractivity contribution is 1.27. The quantitative estimate of drug-likeness (QED) is 0.598. The van der Waals surface area contributed by atoms with Gasteiger partial charge in [0.1, 0.15) is 0 Å². The van der Waals surface area contributed by atoms with Gasteiger partial charge in [-0.25, -0.2) is 0 Å². The van der Waals surface area contributed by atoms with Gasteiger partial charge in [0, 0.05) is 12.4 Å². The molecule has 9 heavy (non-hydrogen) atoms. The summed E-state index contributed by atoms with van der Waals surface area (Å²) in [5.41, 5.74) is 7.22. The number of nitrogen functional groups attached to an aromatic ring is 1. The number of aryl methyl sites for hydroxylation is 1. The van der Waals surface area contributed by atoms with E-state index in [4.69, 9.17) is 5.73 Å². The van der Waals surface area contributed by atoms with E-state index in [0.29, 0.717) is 0 Å². The third-order valence-electron chi connectivity index (χ3n) is 0.896. The SMILES string of the molecule is Cc1cncc(N)c1.Cl. The molecule has 0 amide bonds. The first kappa shape index (κ1) is 8.24. The summed E-state index contributed by atoms with van der Waals surface area (Å²) in [4.78, 5) is 3.86. The van der Waals surface area contributed by atoms with Gasteiger partial charge in [-0.2, -0.15) is 0 Å². The summed E-state index contributed by atoms with van der Waals surface area (Å²) in [5.74, 6) is 0. The molecule has 2 nitrogen and oxygen atoms in total. The average molecular weight is 145 g/mol. The standard InChI is InChI=1S/C6H8N2.ClH/c1-5-2-6(7)4-8-3-5;/h2-4H,7H2,1H3;1H. The normalized spacial score (nSPS) is 8.11. The second-order valence-electron chi connectivity index (χ2n) is 1.80. The summed E-state index contributed by atoms with van der Waals surface area (Å²) in [6, 6.07) is 1.88. The van der Waals surface area contributed by atoms with Crippen LogP contribution in [0.4, 0.5) is 5.69 Å². The third kappa shape index (κ3) is 2.33. The second-order valence-corrected chi connectivity index (χ2v) is 1.80. The van der Waals surface area contributed by atoms with Crippen molar-refractivity contribution in [2.75, 3.05) is 5.73 Å². The summed E-state index contributed by atoms with van der Waals surface area (Å²) in [6.45, 7) is 1.96. The van der Waals surface area contributed by atoms with Gasteiger partial charge < -0.3 is 5.73 Å². The van der Waals surface area contributed by atoms with Crippen molar-refractivity contribution in [1.29, 1.82) is 0 Å². The van der Waals surface area contributed by atoms with Crippen LogP contribution in [0.1, 0.15) is 5.56 Å². The first-order valence-electron chi connectivity index (χ1n) is 2.46. The highest BCUT2D eigenvalue weighted by atomic mass is 35.5. The molecule has 0 fully saturated rings. The van der Waals surface area contributed by atoms with Gasteiger partial charge in [0.2, 0.25) is 0 Å². The van der Waals surface area contributed by atoms with E-state index in [1.807, 2.05) is 13.0 Å². The van der Waals surface area contributed by atoms with E-state index in [1.165, 1.54) is 0 Å². The van der Waals surface area contributed by atoms with Crippen molar-refractivity contribution in [3.05, 3.63) is 24.0 Å². The van der Waals surface area contributed by atoms with Crippen molar-refractivity contribution in [3.8, 4) is 0 Å². The molecule has 0 radical (unpaired) electrons. The minimum Gasteiger partial charge on any atom is -0.397 e. The van der Waals surface area contributed by atoms with Crippen LogP contribution in [0.3, 0.4) is 0 Å². The van der Waals surface area contributed by atoms with Crippen LogP contribution >= 0.6 is 12.4 Å². The number of pyridine rings is 1. The van der Waals surface area contributed by atoms with Crippen molar-refractivity contribution in [1.82, 2.24) is 4.98 Å². The first-order chi connectivity index (χ1) is 3.79. The molecule has 0 unspecified atom stereocenters. The maximum Gasteiger partial charge on any atom is 0.0503 e.